The van der Waals surface area contributed by atoms with Gasteiger partial charge in [-0.05, 0) is 46.2 Å². The van der Waals surface area contributed by atoms with E-state index in [1.54, 1.807) is 11.0 Å². The summed E-state index contributed by atoms with van der Waals surface area (Å²) in [7, 11) is 0. The fourth-order valence-electron chi connectivity index (χ4n) is 2.47. The Morgan fingerprint density at radius 1 is 1.26 bits per heavy atom. The van der Waals surface area contributed by atoms with Crippen LogP contribution < -0.4 is 4.74 Å². The van der Waals surface area contributed by atoms with Gasteiger partial charge in [-0.2, -0.15) is 0 Å². The van der Waals surface area contributed by atoms with Gasteiger partial charge in [0, 0.05) is 19.0 Å². The summed E-state index contributed by atoms with van der Waals surface area (Å²) in [6, 6.07) is 5.56. The molecule has 1 aromatic rings. The molecule has 0 bridgehead atoms. The van der Waals surface area contributed by atoms with Crippen molar-refractivity contribution in [3.8, 4) is 5.75 Å². The van der Waals surface area contributed by atoms with E-state index in [-0.39, 0.29) is 17.8 Å². The minimum Gasteiger partial charge on any atom is -0.492 e. The number of aryl methyl sites for hydroxylation is 1. The fourth-order valence-corrected chi connectivity index (χ4v) is 2.47. The van der Waals surface area contributed by atoms with Crippen molar-refractivity contribution in [2.45, 2.75) is 40.2 Å². The summed E-state index contributed by atoms with van der Waals surface area (Å²) >= 11 is 0. The van der Waals surface area contributed by atoms with Crippen molar-refractivity contribution in [2.75, 3.05) is 19.7 Å². The van der Waals surface area contributed by atoms with E-state index in [0.717, 1.165) is 5.56 Å². The van der Waals surface area contributed by atoms with E-state index in [1.807, 2.05) is 39.8 Å². The minimum absolute atomic E-state index is 0.00677. The second-order valence-corrected chi connectivity index (χ2v) is 7.07. The molecule has 0 radical (unpaired) electrons. The van der Waals surface area contributed by atoms with Gasteiger partial charge in [-0.3, -0.25) is 4.79 Å². The maximum absolute atomic E-state index is 11.9. The van der Waals surface area contributed by atoms with Gasteiger partial charge in [0.15, 0.2) is 5.78 Å². The lowest BCUT2D eigenvalue weighted by Crippen LogP contribution is -2.53. The number of hydrogen-bond donors (Lipinski definition) is 0. The predicted octanol–water partition coefficient (Wildman–Crippen LogP) is 3.44. The van der Waals surface area contributed by atoms with Crippen LogP contribution in [-0.4, -0.2) is 42.1 Å². The van der Waals surface area contributed by atoms with E-state index >= 15 is 0 Å². The molecule has 5 nitrogen and oxygen atoms in total. The highest BCUT2D eigenvalue weighted by Gasteiger charge is 2.34. The topological polar surface area (TPSA) is 55.8 Å². The third-order valence-electron chi connectivity index (χ3n) is 3.66. The van der Waals surface area contributed by atoms with Crippen molar-refractivity contribution in [2.24, 2.45) is 5.92 Å². The molecule has 1 aliphatic rings. The maximum Gasteiger partial charge on any atom is 0.410 e. The number of nitrogens with zero attached hydrogens (tertiary/aromatic N) is 1. The van der Waals surface area contributed by atoms with Crippen LogP contribution >= 0.6 is 0 Å². The number of ketones is 1. The highest BCUT2D eigenvalue weighted by Crippen LogP contribution is 2.26. The molecule has 1 heterocycles. The molecule has 0 aromatic heterocycles. The molecule has 2 rings (SSSR count). The monoisotopic (exact) mass is 319 g/mol. The van der Waals surface area contributed by atoms with Crippen molar-refractivity contribution in [1.82, 2.24) is 4.90 Å². The maximum atomic E-state index is 11.9. The van der Waals surface area contributed by atoms with Gasteiger partial charge in [0.1, 0.15) is 11.4 Å². The Hall–Kier alpha value is -2.04. The number of likely N-dealkylation sites (tertiary alicyclic amines) is 1. The average molecular weight is 319 g/mol. The molecule has 0 spiro atoms. The van der Waals surface area contributed by atoms with Gasteiger partial charge in [0.25, 0.3) is 0 Å². The highest BCUT2D eigenvalue weighted by atomic mass is 16.6. The summed E-state index contributed by atoms with van der Waals surface area (Å²) in [6.45, 7) is 10.8. The lowest BCUT2D eigenvalue weighted by atomic mass is 10.0. The quantitative estimate of drug-likeness (QED) is 0.798. The number of para-hydroxylation sites is 1. The van der Waals surface area contributed by atoms with Crippen LogP contribution in [0.3, 0.4) is 0 Å². The highest BCUT2D eigenvalue weighted by molar-refractivity contribution is 5.97. The molecule has 0 unspecified atom stereocenters. The SMILES string of the molecule is CC(=O)c1cccc(C)c1OCC1CN(C(=O)OC(C)(C)C)C1. The molecule has 0 N–H and O–H groups in total. The van der Waals surface area contributed by atoms with Crippen LogP contribution in [-0.2, 0) is 4.74 Å². The summed E-state index contributed by atoms with van der Waals surface area (Å²) in [6.07, 6.45) is -0.283. The Morgan fingerprint density at radius 3 is 2.48 bits per heavy atom. The first-order valence-electron chi connectivity index (χ1n) is 7.88. The van der Waals surface area contributed by atoms with Crippen molar-refractivity contribution in [1.29, 1.82) is 0 Å². The fraction of sp³-hybridized carbons (Fsp3) is 0.556. The number of carbonyl (C=O) groups excluding carboxylic acids is 2. The van der Waals surface area contributed by atoms with Gasteiger partial charge in [-0.15, -0.1) is 0 Å². The molecule has 1 aromatic carbocycles. The number of hydrogen-bond acceptors (Lipinski definition) is 4. The van der Waals surface area contributed by atoms with Crippen LogP contribution in [0.15, 0.2) is 18.2 Å². The summed E-state index contributed by atoms with van der Waals surface area (Å²) in [5, 5.41) is 0. The smallest absolute Gasteiger partial charge is 0.410 e. The number of rotatable bonds is 4. The van der Waals surface area contributed by atoms with Crippen molar-refractivity contribution < 1.29 is 19.1 Å². The molecular weight excluding hydrogens is 294 g/mol. The lowest BCUT2D eigenvalue weighted by molar-refractivity contribution is -0.00787. The Balaban J connectivity index is 1.86. The Labute approximate surface area is 137 Å². The van der Waals surface area contributed by atoms with Gasteiger partial charge >= 0.3 is 6.09 Å². The first kappa shape index (κ1) is 17.3. The van der Waals surface area contributed by atoms with Crippen LogP contribution in [0.25, 0.3) is 0 Å². The number of benzene rings is 1. The zero-order valence-electron chi connectivity index (χ0n) is 14.5. The lowest BCUT2D eigenvalue weighted by Gasteiger charge is -2.39. The van der Waals surface area contributed by atoms with E-state index in [4.69, 9.17) is 9.47 Å². The molecule has 126 valence electrons. The van der Waals surface area contributed by atoms with Gasteiger partial charge in [0.05, 0.1) is 12.2 Å². The standard InChI is InChI=1S/C18H25NO4/c1-12-7-6-8-15(13(2)20)16(12)22-11-14-9-19(10-14)17(21)23-18(3,4)5/h6-8,14H,9-11H2,1-5H3. The summed E-state index contributed by atoms with van der Waals surface area (Å²) in [5.41, 5.74) is 1.07. The number of Topliss-reactive ketones (excluding diaryl/α,β-unsaturated/α-hetero) is 1. The number of amides is 1. The second kappa shape index (κ2) is 6.60. The Morgan fingerprint density at radius 2 is 1.91 bits per heavy atom. The first-order valence-corrected chi connectivity index (χ1v) is 7.88. The normalized spacial score (nSPS) is 15.1. The van der Waals surface area contributed by atoms with E-state index in [2.05, 4.69) is 0 Å². The third-order valence-corrected chi connectivity index (χ3v) is 3.66. The number of carbonyl (C=O) groups is 2. The molecule has 1 aliphatic heterocycles. The zero-order valence-corrected chi connectivity index (χ0v) is 14.5. The molecular formula is C18H25NO4. The molecule has 0 aliphatic carbocycles. The van der Waals surface area contributed by atoms with Crippen molar-refractivity contribution >= 4 is 11.9 Å². The molecule has 1 amide bonds. The molecule has 23 heavy (non-hydrogen) atoms. The predicted molar refractivity (Wildman–Crippen MR) is 88.0 cm³/mol. The summed E-state index contributed by atoms with van der Waals surface area (Å²) in [5.74, 6) is 0.908. The Kier molecular flexibility index (Phi) is 4.97. The molecule has 0 atom stereocenters. The second-order valence-electron chi connectivity index (χ2n) is 7.07. The van der Waals surface area contributed by atoms with E-state index in [0.29, 0.717) is 31.0 Å². The molecule has 1 fully saturated rings. The van der Waals surface area contributed by atoms with Gasteiger partial charge in [0.2, 0.25) is 0 Å². The Bertz CT molecular complexity index is 598. The average Bonchev–Trinajstić information content (AvgIpc) is 2.35. The van der Waals surface area contributed by atoms with E-state index < -0.39 is 5.60 Å². The third kappa shape index (κ3) is 4.47. The van der Waals surface area contributed by atoms with E-state index in [1.165, 1.54) is 6.92 Å². The molecule has 1 saturated heterocycles. The largest absolute Gasteiger partial charge is 0.492 e. The van der Waals surface area contributed by atoms with Gasteiger partial charge in [-0.25, -0.2) is 4.79 Å². The van der Waals surface area contributed by atoms with Crippen LogP contribution in [0.5, 0.6) is 5.75 Å². The van der Waals surface area contributed by atoms with Crippen LogP contribution in [0.4, 0.5) is 4.79 Å². The van der Waals surface area contributed by atoms with E-state index in [9.17, 15) is 9.59 Å². The molecule has 5 heteroatoms. The van der Waals surface area contributed by atoms with Crippen molar-refractivity contribution in [3.05, 3.63) is 29.3 Å². The minimum atomic E-state index is -0.476. The van der Waals surface area contributed by atoms with Gasteiger partial charge < -0.3 is 14.4 Å². The summed E-state index contributed by atoms with van der Waals surface area (Å²) in [4.78, 5) is 25.2. The first-order chi connectivity index (χ1) is 10.7. The van der Waals surface area contributed by atoms with Crippen LogP contribution in [0.2, 0.25) is 0 Å². The van der Waals surface area contributed by atoms with Crippen LogP contribution in [0, 0.1) is 12.8 Å². The van der Waals surface area contributed by atoms with Crippen LogP contribution in [0.1, 0.15) is 43.6 Å². The summed E-state index contributed by atoms with van der Waals surface area (Å²) < 4.78 is 11.2. The molecule has 0 saturated carbocycles. The zero-order chi connectivity index (χ0) is 17.2. The number of ether oxygens (including phenoxy) is 2. The van der Waals surface area contributed by atoms with Crippen molar-refractivity contribution in [3.63, 3.8) is 0 Å². The van der Waals surface area contributed by atoms with Gasteiger partial charge in [-0.1, -0.05) is 12.1 Å².